The Bertz CT molecular complexity index is 624. The summed E-state index contributed by atoms with van der Waals surface area (Å²) in [5.74, 6) is 0.843. The van der Waals surface area contributed by atoms with E-state index in [1.54, 1.807) is 14.0 Å². The van der Waals surface area contributed by atoms with Crippen molar-refractivity contribution in [3.63, 3.8) is 0 Å². The Morgan fingerprint density at radius 1 is 1.20 bits per heavy atom. The van der Waals surface area contributed by atoms with E-state index in [0.717, 1.165) is 12.1 Å². The highest BCUT2D eigenvalue weighted by molar-refractivity contribution is 14.0. The number of benzene rings is 1. The molecular weight excluding hydrogens is 475 g/mol. The van der Waals surface area contributed by atoms with Gasteiger partial charge < -0.3 is 10.6 Å². The summed E-state index contributed by atoms with van der Waals surface area (Å²) in [6, 6.07) is 7.58. The first-order valence-electron chi connectivity index (χ1n) is 8.09. The first kappa shape index (κ1) is 24.4. The van der Waals surface area contributed by atoms with Crippen molar-refractivity contribution in [1.82, 2.24) is 14.9 Å². The standard InChI is InChI=1S/C16H27ClN4O2S.HI/c1-4-18-16(20-13-14-7-9-15(17)10-8-14)19-11-6-12-21(3)24(22,23)5-2;/h7-10H,4-6,11-13H2,1-3H3,(H2,18,19,20);1H. The van der Waals surface area contributed by atoms with Crippen LogP contribution in [0.15, 0.2) is 29.3 Å². The number of aliphatic imine (C=N–C) groups is 1. The molecule has 1 aromatic carbocycles. The average Bonchev–Trinajstić information content (AvgIpc) is 2.57. The third-order valence-corrected chi connectivity index (χ3v) is 5.57. The molecule has 6 nitrogen and oxygen atoms in total. The Morgan fingerprint density at radius 2 is 1.84 bits per heavy atom. The molecule has 0 fully saturated rings. The van der Waals surface area contributed by atoms with Crippen molar-refractivity contribution in [2.45, 2.75) is 26.8 Å². The molecule has 0 bridgehead atoms. The van der Waals surface area contributed by atoms with Crippen LogP contribution in [-0.4, -0.2) is 51.1 Å². The second kappa shape index (κ2) is 12.7. The first-order valence-corrected chi connectivity index (χ1v) is 10.1. The minimum Gasteiger partial charge on any atom is -0.357 e. The van der Waals surface area contributed by atoms with Gasteiger partial charge in [-0.15, -0.1) is 24.0 Å². The van der Waals surface area contributed by atoms with Crippen LogP contribution in [0.1, 0.15) is 25.8 Å². The molecular formula is C16H28ClIN4O2S. The summed E-state index contributed by atoms with van der Waals surface area (Å²) in [6.45, 7) is 6.10. The average molecular weight is 503 g/mol. The van der Waals surface area contributed by atoms with E-state index in [1.807, 2.05) is 31.2 Å². The second-order valence-corrected chi connectivity index (χ2v) is 8.13. The second-order valence-electron chi connectivity index (χ2n) is 5.32. The lowest BCUT2D eigenvalue weighted by atomic mass is 10.2. The lowest BCUT2D eigenvalue weighted by Gasteiger charge is -2.16. The zero-order chi connectivity index (χ0) is 18.0. The minimum atomic E-state index is -3.11. The summed E-state index contributed by atoms with van der Waals surface area (Å²) in [5, 5.41) is 7.10. The zero-order valence-corrected chi connectivity index (χ0v) is 18.9. The van der Waals surface area contributed by atoms with Crippen molar-refractivity contribution >= 4 is 51.6 Å². The quantitative estimate of drug-likeness (QED) is 0.236. The maximum atomic E-state index is 11.7. The van der Waals surface area contributed by atoms with E-state index >= 15 is 0 Å². The summed E-state index contributed by atoms with van der Waals surface area (Å²) < 4.78 is 24.7. The summed E-state index contributed by atoms with van der Waals surface area (Å²) in [4.78, 5) is 4.51. The van der Waals surface area contributed by atoms with Crippen LogP contribution in [0.5, 0.6) is 0 Å². The molecule has 9 heteroatoms. The van der Waals surface area contributed by atoms with Gasteiger partial charge >= 0.3 is 0 Å². The molecule has 0 aromatic heterocycles. The molecule has 0 atom stereocenters. The van der Waals surface area contributed by atoms with Crippen LogP contribution in [-0.2, 0) is 16.6 Å². The maximum absolute atomic E-state index is 11.7. The minimum absolute atomic E-state index is 0. The lowest BCUT2D eigenvalue weighted by Crippen LogP contribution is -2.39. The predicted molar refractivity (Wildman–Crippen MR) is 116 cm³/mol. The largest absolute Gasteiger partial charge is 0.357 e. The molecule has 0 heterocycles. The number of nitrogens with one attached hydrogen (secondary N) is 2. The molecule has 0 aliphatic carbocycles. The van der Waals surface area contributed by atoms with Gasteiger partial charge in [-0.25, -0.2) is 17.7 Å². The molecule has 1 rings (SSSR count). The van der Waals surface area contributed by atoms with Crippen molar-refractivity contribution < 1.29 is 8.42 Å². The zero-order valence-electron chi connectivity index (χ0n) is 15.0. The van der Waals surface area contributed by atoms with Crippen LogP contribution in [0.3, 0.4) is 0 Å². The van der Waals surface area contributed by atoms with Crippen LogP contribution < -0.4 is 10.6 Å². The van der Waals surface area contributed by atoms with Crippen molar-refractivity contribution in [1.29, 1.82) is 0 Å². The van der Waals surface area contributed by atoms with Gasteiger partial charge in [-0.1, -0.05) is 23.7 Å². The van der Waals surface area contributed by atoms with Gasteiger partial charge in [0, 0.05) is 31.7 Å². The summed E-state index contributed by atoms with van der Waals surface area (Å²) in [6.07, 6.45) is 0.709. The number of hydrogen-bond acceptors (Lipinski definition) is 3. The first-order chi connectivity index (χ1) is 11.4. The molecule has 0 aliphatic heterocycles. The third kappa shape index (κ3) is 9.62. The molecule has 1 aromatic rings. The highest BCUT2D eigenvalue weighted by Crippen LogP contribution is 2.10. The van der Waals surface area contributed by atoms with Crippen LogP contribution in [0, 0.1) is 0 Å². The molecule has 0 saturated heterocycles. The highest BCUT2D eigenvalue weighted by Gasteiger charge is 2.13. The molecule has 0 aliphatic rings. The smallest absolute Gasteiger partial charge is 0.213 e. The SMILES string of the molecule is CCNC(=NCc1ccc(Cl)cc1)NCCCN(C)S(=O)(=O)CC.I. The van der Waals surface area contributed by atoms with Gasteiger partial charge in [-0.2, -0.15) is 0 Å². The van der Waals surface area contributed by atoms with Crippen molar-refractivity contribution in [2.24, 2.45) is 4.99 Å². The van der Waals surface area contributed by atoms with Gasteiger partial charge in [0.15, 0.2) is 5.96 Å². The highest BCUT2D eigenvalue weighted by atomic mass is 127. The fourth-order valence-electron chi connectivity index (χ4n) is 1.97. The number of rotatable bonds is 9. The van der Waals surface area contributed by atoms with Crippen LogP contribution in [0.4, 0.5) is 0 Å². The summed E-state index contributed by atoms with van der Waals surface area (Å²) in [5.41, 5.74) is 1.07. The van der Waals surface area contributed by atoms with Crippen molar-refractivity contribution in [3.05, 3.63) is 34.9 Å². The van der Waals surface area contributed by atoms with Gasteiger partial charge in [-0.3, -0.25) is 0 Å². The van der Waals surface area contributed by atoms with Crippen LogP contribution in [0.25, 0.3) is 0 Å². The third-order valence-electron chi connectivity index (χ3n) is 3.46. The van der Waals surface area contributed by atoms with Crippen LogP contribution >= 0.6 is 35.6 Å². The van der Waals surface area contributed by atoms with Crippen molar-refractivity contribution in [3.8, 4) is 0 Å². The molecule has 25 heavy (non-hydrogen) atoms. The maximum Gasteiger partial charge on any atom is 0.213 e. The van der Waals surface area contributed by atoms with E-state index in [-0.39, 0.29) is 29.7 Å². The Morgan fingerprint density at radius 3 is 2.40 bits per heavy atom. The molecule has 144 valence electrons. The van der Waals surface area contributed by atoms with E-state index < -0.39 is 10.0 Å². The van der Waals surface area contributed by atoms with Gasteiger partial charge in [0.05, 0.1) is 12.3 Å². The Hall–Kier alpha value is -0.580. The van der Waals surface area contributed by atoms with Gasteiger partial charge in [-0.05, 0) is 38.0 Å². The fourth-order valence-corrected chi connectivity index (χ4v) is 2.94. The van der Waals surface area contributed by atoms with Gasteiger partial charge in [0.2, 0.25) is 10.0 Å². The molecule has 0 amide bonds. The van der Waals surface area contributed by atoms with E-state index in [4.69, 9.17) is 11.6 Å². The van der Waals surface area contributed by atoms with Crippen LogP contribution in [0.2, 0.25) is 5.02 Å². The lowest BCUT2D eigenvalue weighted by molar-refractivity contribution is 0.461. The number of halogens is 2. The topological polar surface area (TPSA) is 73.8 Å². The summed E-state index contributed by atoms with van der Waals surface area (Å²) in [7, 11) is -1.50. The number of guanidine groups is 1. The van der Waals surface area contributed by atoms with Gasteiger partial charge in [0.1, 0.15) is 0 Å². The number of sulfonamides is 1. The van der Waals surface area contributed by atoms with E-state index in [1.165, 1.54) is 4.31 Å². The molecule has 2 N–H and O–H groups in total. The van der Waals surface area contributed by atoms with Crippen molar-refractivity contribution in [2.75, 3.05) is 32.4 Å². The fraction of sp³-hybridized carbons (Fsp3) is 0.562. The molecule has 0 spiro atoms. The molecule has 0 saturated carbocycles. The van der Waals surface area contributed by atoms with E-state index in [2.05, 4.69) is 15.6 Å². The van der Waals surface area contributed by atoms with E-state index in [0.29, 0.717) is 37.0 Å². The predicted octanol–water partition coefficient (Wildman–Crippen LogP) is 2.68. The monoisotopic (exact) mass is 502 g/mol. The Kier molecular flexibility index (Phi) is 12.4. The van der Waals surface area contributed by atoms with Gasteiger partial charge in [0.25, 0.3) is 0 Å². The number of hydrogen-bond donors (Lipinski definition) is 2. The number of nitrogens with zero attached hydrogens (tertiary/aromatic N) is 2. The summed E-state index contributed by atoms with van der Waals surface area (Å²) >= 11 is 5.87. The molecule has 0 radical (unpaired) electrons. The molecule has 0 unspecified atom stereocenters. The Balaban J connectivity index is 0.00000576. The Labute approximate surface area is 173 Å². The van der Waals surface area contributed by atoms with E-state index in [9.17, 15) is 8.42 Å². The normalized spacial score (nSPS) is 12.0.